The molecule has 0 radical (unpaired) electrons. The molecule has 1 aliphatic heterocycles. The number of carbonyl (C=O) groups excluding carboxylic acids is 2. The van der Waals surface area contributed by atoms with Gasteiger partial charge in [0.2, 0.25) is 0 Å². The third-order valence-electron chi connectivity index (χ3n) is 2.68. The lowest BCUT2D eigenvalue weighted by molar-refractivity contribution is -0.113. The molecule has 96 valence electrons. The number of aliphatic imine (C=N–C) groups is 1. The van der Waals surface area contributed by atoms with E-state index in [0.29, 0.717) is 21.1 Å². The Morgan fingerprint density at radius 3 is 2.42 bits per heavy atom. The van der Waals surface area contributed by atoms with Crippen LogP contribution in [0.15, 0.2) is 58.0 Å². The van der Waals surface area contributed by atoms with Crippen molar-refractivity contribution in [2.24, 2.45) is 4.99 Å². The third-order valence-corrected chi connectivity index (χ3v) is 3.82. The van der Waals surface area contributed by atoms with Gasteiger partial charge < -0.3 is 0 Å². The SMILES string of the molecule is CC=C1SC(C(=CC)C(=O)c2ccccc2)=NC1=O. The van der Waals surface area contributed by atoms with Crippen LogP contribution in [0.25, 0.3) is 0 Å². The third kappa shape index (κ3) is 2.74. The highest BCUT2D eigenvalue weighted by molar-refractivity contribution is 8.19. The monoisotopic (exact) mass is 271 g/mol. The predicted octanol–water partition coefficient (Wildman–Crippen LogP) is 3.39. The van der Waals surface area contributed by atoms with E-state index in [4.69, 9.17) is 0 Å². The summed E-state index contributed by atoms with van der Waals surface area (Å²) in [6.07, 6.45) is 3.41. The Morgan fingerprint density at radius 2 is 1.89 bits per heavy atom. The van der Waals surface area contributed by atoms with Gasteiger partial charge >= 0.3 is 0 Å². The molecule has 1 aromatic rings. The van der Waals surface area contributed by atoms with E-state index in [9.17, 15) is 9.59 Å². The maximum Gasteiger partial charge on any atom is 0.284 e. The van der Waals surface area contributed by atoms with Crippen molar-refractivity contribution in [1.82, 2.24) is 0 Å². The van der Waals surface area contributed by atoms with E-state index in [1.54, 1.807) is 38.1 Å². The zero-order chi connectivity index (χ0) is 13.8. The van der Waals surface area contributed by atoms with Gasteiger partial charge in [-0.25, -0.2) is 4.99 Å². The molecule has 1 aromatic carbocycles. The van der Waals surface area contributed by atoms with Crippen molar-refractivity contribution < 1.29 is 9.59 Å². The zero-order valence-corrected chi connectivity index (χ0v) is 11.5. The van der Waals surface area contributed by atoms with Crippen molar-refractivity contribution in [3.05, 3.63) is 58.5 Å². The van der Waals surface area contributed by atoms with Crippen LogP contribution in [0.4, 0.5) is 0 Å². The summed E-state index contributed by atoms with van der Waals surface area (Å²) in [7, 11) is 0. The molecule has 1 amide bonds. The van der Waals surface area contributed by atoms with E-state index in [1.807, 2.05) is 18.2 Å². The smallest absolute Gasteiger partial charge is 0.284 e. The number of hydrogen-bond acceptors (Lipinski definition) is 3. The normalized spacial score (nSPS) is 17.8. The Labute approximate surface area is 116 Å². The molecule has 1 heterocycles. The summed E-state index contributed by atoms with van der Waals surface area (Å²) in [5, 5.41) is 0.481. The van der Waals surface area contributed by atoms with Gasteiger partial charge in [-0.2, -0.15) is 0 Å². The molecule has 0 N–H and O–H groups in total. The average molecular weight is 271 g/mol. The lowest BCUT2D eigenvalue weighted by atomic mass is 10.0. The molecule has 0 saturated heterocycles. The largest absolute Gasteiger partial charge is 0.289 e. The van der Waals surface area contributed by atoms with Crippen LogP contribution in [-0.4, -0.2) is 16.7 Å². The highest BCUT2D eigenvalue weighted by atomic mass is 32.2. The van der Waals surface area contributed by atoms with Crippen molar-refractivity contribution in [3.8, 4) is 0 Å². The first-order chi connectivity index (χ1) is 9.17. The van der Waals surface area contributed by atoms with E-state index >= 15 is 0 Å². The van der Waals surface area contributed by atoms with Crippen LogP contribution in [0.5, 0.6) is 0 Å². The van der Waals surface area contributed by atoms with Crippen LogP contribution in [0.3, 0.4) is 0 Å². The molecule has 0 atom stereocenters. The van der Waals surface area contributed by atoms with Gasteiger partial charge in [-0.3, -0.25) is 9.59 Å². The fraction of sp³-hybridized carbons (Fsp3) is 0.133. The van der Waals surface area contributed by atoms with Crippen LogP contribution in [0, 0.1) is 0 Å². The van der Waals surface area contributed by atoms with Crippen molar-refractivity contribution in [2.75, 3.05) is 0 Å². The maximum absolute atomic E-state index is 12.4. The number of hydrogen-bond donors (Lipinski definition) is 0. The van der Waals surface area contributed by atoms with Crippen molar-refractivity contribution in [1.29, 1.82) is 0 Å². The molecule has 1 aliphatic rings. The number of rotatable bonds is 3. The summed E-state index contributed by atoms with van der Waals surface area (Å²) < 4.78 is 0. The summed E-state index contributed by atoms with van der Waals surface area (Å²) in [4.78, 5) is 28.5. The highest BCUT2D eigenvalue weighted by Crippen LogP contribution is 2.31. The number of thioether (sulfide) groups is 1. The summed E-state index contributed by atoms with van der Waals surface area (Å²) in [6, 6.07) is 8.99. The maximum atomic E-state index is 12.4. The Morgan fingerprint density at radius 1 is 1.21 bits per heavy atom. The Kier molecular flexibility index (Phi) is 4.12. The first kappa shape index (κ1) is 13.5. The molecule has 0 aromatic heterocycles. The minimum absolute atomic E-state index is 0.112. The van der Waals surface area contributed by atoms with Gasteiger partial charge in [-0.15, -0.1) is 0 Å². The lowest BCUT2D eigenvalue weighted by Gasteiger charge is -2.04. The van der Waals surface area contributed by atoms with Crippen molar-refractivity contribution in [2.45, 2.75) is 13.8 Å². The molecule has 0 saturated carbocycles. The predicted molar refractivity (Wildman–Crippen MR) is 78.3 cm³/mol. The standard InChI is InChI=1S/C15H13NO2S/c1-3-11(13(17)10-8-6-5-7-9-10)15-16-14(18)12(4-2)19-15/h3-9H,1-2H3. The summed E-state index contributed by atoms with van der Waals surface area (Å²) >= 11 is 1.25. The first-order valence-electron chi connectivity index (χ1n) is 5.91. The second-order valence-corrected chi connectivity index (χ2v) is 4.91. The number of amides is 1. The number of ketones is 1. The molecule has 19 heavy (non-hydrogen) atoms. The molecule has 4 heteroatoms. The number of nitrogens with zero attached hydrogens (tertiary/aromatic N) is 1. The Hall–Kier alpha value is -1.94. The van der Waals surface area contributed by atoms with Gasteiger partial charge in [0.05, 0.1) is 10.5 Å². The first-order valence-corrected chi connectivity index (χ1v) is 6.72. The van der Waals surface area contributed by atoms with Crippen molar-refractivity contribution >= 4 is 28.5 Å². The van der Waals surface area contributed by atoms with E-state index in [2.05, 4.69) is 4.99 Å². The molecule has 0 fully saturated rings. The number of allylic oxidation sites excluding steroid dienone is 2. The molecular formula is C15H13NO2S. The molecule has 2 rings (SSSR count). The molecule has 0 aliphatic carbocycles. The van der Waals surface area contributed by atoms with Crippen LogP contribution in [-0.2, 0) is 4.79 Å². The second-order valence-electron chi connectivity index (χ2n) is 3.87. The Balaban J connectivity index is 2.31. The molecular weight excluding hydrogens is 258 g/mol. The van der Waals surface area contributed by atoms with Crippen LogP contribution in [0.2, 0.25) is 0 Å². The van der Waals surface area contributed by atoms with Crippen LogP contribution < -0.4 is 0 Å². The number of Topliss-reactive ketones (excluding diaryl/α,β-unsaturated/α-hetero) is 1. The minimum Gasteiger partial charge on any atom is -0.289 e. The van der Waals surface area contributed by atoms with Crippen LogP contribution >= 0.6 is 11.8 Å². The quantitative estimate of drug-likeness (QED) is 0.625. The number of benzene rings is 1. The molecule has 0 unspecified atom stereocenters. The van der Waals surface area contributed by atoms with Gasteiger partial charge in [-0.05, 0) is 13.8 Å². The highest BCUT2D eigenvalue weighted by Gasteiger charge is 2.26. The van der Waals surface area contributed by atoms with E-state index in [0.717, 1.165) is 0 Å². The van der Waals surface area contributed by atoms with Crippen LogP contribution in [0.1, 0.15) is 24.2 Å². The fourth-order valence-electron chi connectivity index (χ4n) is 1.71. The second kappa shape index (κ2) is 5.80. The Bertz CT molecular complexity index is 612. The molecule has 0 spiro atoms. The lowest BCUT2D eigenvalue weighted by Crippen LogP contribution is -2.09. The topological polar surface area (TPSA) is 46.5 Å². The van der Waals surface area contributed by atoms with Gasteiger partial charge in [0.25, 0.3) is 5.91 Å². The summed E-state index contributed by atoms with van der Waals surface area (Å²) in [5.74, 6) is -0.387. The van der Waals surface area contributed by atoms with Gasteiger partial charge in [-0.1, -0.05) is 54.2 Å². The van der Waals surface area contributed by atoms with E-state index < -0.39 is 0 Å². The van der Waals surface area contributed by atoms with Crippen molar-refractivity contribution in [3.63, 3.8) is 0 Å². The zero-order valence-electron chi connectivity index (χ0n) is 10.7. The average Bonchev–Trinajstić information content (AvgIpc) is 2.81. The molecule has 3 nitrogen and oxygen atoms in total. The molecule has 0 bridgehead atoms. The fourth-order valence-corrected chi connectivity index (χ4v) is 2.62. The minimum atomic E-state index is -0.275. The summed E-state index contributed by atoms with van der Waals surface area (Å²) in [5.41, 5.74) is 1.07. The number of carbonyl (C=O) groups is 2. The summed E-state index contributed by atoms with van der Waals surface area (Å²) in [6.45, 7) is 3.56. The van der Waals surface area contributed by atoms with E-state index in [-0.39, 0.29) is 11.7 Å². The van der Waals surface area contributed by atoms with Gasteiger partial charge in [0.15, 0.2) is 5.78 Å². The van der Waals surface area contributed by atoms with Gasteiger partial charge in [0.1, 0.15) is 5.04 Å². The van der Waals surface area contributed by atoms with E-state index in [1.165, 1.54) is 11.8 Å². The van der Waals surface area contributed by atoms with Gasteiger partial charge in [0, 0.05) is 5.56 Å².